The van der Waals surface area contributed by atoms with Crippen molar-refractivity contribution in [1.29, 1.82) is 5.26 Å². The predicted octanol–water partition coefficient (Wildman–Crippen LogP) is 3.36. The second-order valence-corrected chi connectivity index (χ2v) is 4.51. The molecule has 92 valence electrons. The van der Waals surface area contributed by atoms with Gasteiger partial charge < -0.3 is 4.90 Å². The average Bonchev–Trinajstić information content (AvgIpc) is 2.40. The van der Waals surface area contributed by atoms with Gasteiger partial charge in [0, 0.05) is 18.8 Å². The van der Waals surface area contributed by atoms with Crippen molar-refractivity contribution >= 4 is 18.3 Å². The third-order valence-corrected chi connectivity index (χ3v) is 3.45. The van der Waals surface area contributed by atoms with Gasteiger partial charge in [0.2, 0.25) is 0 Å². The van der Waals surface area contributed by atoms with Crippen LogP contribution >= 0.6 is 12.6 Å². The van der Waals surface area contributed by atoms with E-state index in [0.29, 0.717) is 12.3 Å². The van der Waals surface area contributed by atoms with Crippen molar-refractivity contribution in [2.75, 3.05) is 23.7 Å². The molecule has 1 unspecified atom stereocenters. The van der Waals surface area contributed by atoms with Gasteiger partial charge in [0.1, 0.15) is 0 Å². The topological polar surface area (TPSA) is 27.0 Å². The number of nitrogens with zero attached hydrogens (tertiary/aromatic N) is 2. The minimum absolute atomic E-state index is 0.567. The van der Waals surface area contributed by atoms with Crippen molar-refractivity contribution in [1.82, 2.24) is 0 Å². The molecule has 0 saturated heterocycles. The van der Waals surface area contributed by atoms with E-state index in [9.17, 15) is 0 Å². The Morgan fingerprint density at radius 3 is 2.59 bits per heavy atom. The Morgan fingerprint density at radius 1 is 1.35 bits per heavy atom. The fourth-order valence-electron chi connectivity index (χ4n) is 1.78. The highest BCUT2D eigenvalue weighted by Crippen LogP contribution is 2.17. The molecule has 0 aliphatic heterocycles. The number of rotatable bonds is 7. The second kappa shape index (κ2) is 8.03. The molecule has 0 bridgehead atoms. The maximum Gasteiger partial charge on any atom is 0.0640 e. The van der Waals surface area contributed by atoms with E-state index in [1.165, 1.54) is 5.69 Å². The van der Waals surface area contributed by atoms with Crippen LogP contribution in [-0.2, 0) is 0 Å². The molecule has 0 saturated carbocycles. The molecule has 3 heteroatoms. The maximum absolute atomic E-state index is 8.72. The Hall–Kier alpha value is -1.14. The standard InChI is InChI=1S/C14H20N2S/c1-2-13(12-17)11-16(10-6-9-15)14-7-4-3-5-8-14/h3-5,7-8,13,17H,2,6,10-12H2,1H3. The first-order valence-corrected chi connectivity index (χ1v) is 6.72. The lowest BCUT2D eigenvalue weighted by Crippen LogP contribution is -2.31. The number of thiol groups is 1. The smallest absolute Gasteiger partial charge is 0.0640 e. The first-order chi connectivity index (χ1) is 8.31. The Balaban J connectivity index is 2.70. The predicted molar refractivity (Wildman–Crippen MR) is 76.5 cm³/mol. The Kier molecular flexibility index (Phi) is 6.57. The van der Waals surface area contributed by atoms with E-state index in [2.05, 4.69) is 42.7 Å². The van der Waals surface area contributed by atoms with Crippen molar-refractivity contribution in [3.05, 3.63) is 30.3 Å². The van der Waals surface area contributed by atoms with Crippen molar-refractivity contribution in [3.63, 3.8) is 0 Å². The van der Waals surface area contributed by atoms with Crippen LogP contribution in [0.2, 0.25) is 0 Å². The minimum atomic E-state index is 0.567. The molecule has 0 amide bonds. The van der Waals surface area contributed by atoms with E-state index < -0.39 is 0 Å². The van der Waals surface area contributed by atoms with Gasteiger partial charge in [0.15, 0.2) is 0 Å². The van der Waals surface area contributed by atoms with Gasteiger partial charge in [0.25, 0.3) is 0 Å². The molecule has 0 radical (unpaired) electrons. The van der Waals surface area contributed by atoms with Gasteiger partial charge in [-0.3, -0.25) is 0 Å². The van der Waals surface area contributed by atoms with Gasteiger partial charge in [-0.15, -0.1) is 0 Å². The zero-order chi connectivity index (χ0) is 12.5. The van der Waals surface area contributed by atoms with Gasteiger partial charge in [-0.2, -0.15) is 17.9 Å². The molecular weight excluding hydrogens is 228 g/mol. The molecule has 0 aliphatic rings. The first kappa shape index (κ1) is 13.9. The molecule has 0 fully saturated rings. The molecule has 17 heavy (non-hydrogen) atoms. The molecule has 2 nitrogen and oxygen atoms in total. The van der Waals surface area contributed by atoms with Crippen LogP contribution in [0.25, 0.3) is 0 Å². The van der Waals surface area contributed by atoms with Gasteiger partial charge in [0.05, 0.1) is 12.5 Å². The Morgan fingerprint density at radius 2 is 2.06 bits per heavy atom. The van der Waals surface area contributed by atoms with E-state index in [1.807, 2.05) is 18.2 Å². The van der Waals surface area contributed by atoms with E-state index in [1.54, 1.807) is 0 Å². The summed E-state index contributed by atoms with van der Waals surface area (Å²) in [6.45, 7) is 3.96. The number of benzene rings is 1. The minimum Gasteiger partial charge on any atom is -0.370 e. The third-order valence-electron chi connectivity index (χ3n) is 2.93. The summed E-state index contributed by atoms with van der Waals surface area (Å²) in [7, 11) is 0. The van der Waals surface area contributed by atoms with E-state index in [4.69, 9.17) is 5.26 Å². The largest absolute Gasteiger partial charge is 0.370 e. The first-order valence-electron chi connectivity index (χ1n) is 6.09. The highest BCUT2D eigenvalue weighted by atomic mass is 32.1. The van der Waals surface area contributed by atoms with Crippen LogP contribution in [0.15, 0.2) is 30.3 Å². The summed E-state index contributed by atoms with van der Waals surface area (Å²) in [5.74, 6) is 1.48. The zero-order valence-corrected chi connectivity index (χ0v) is 11.2. The van der Waals surface area contributed by atoms with Crippen molar-refractivity contribution in [2.24, 2.45) is 5.92 Å². The highest BCUT2D eigenvalue weighted by molar-refractivity contribution is 7.80. The average molecular weight is 248 g/mol. The fourth-order valence-corrected chi connectivity index (χ4v) is 2.15. The lowest BCUT2D eigenvalue weighted by Gasteiger charge is -2.27. The summed E-state index contributed by atoms with van der Waals surface area (Å²) >= 11 is 4.38. The van der Waals surface area contributed by atoms with E-state index >= 15 is 0 Å². The summed E-state index contributed by atoms with van der Waals surface area (Å²) < 4.78 is 0. The molecule has 1 atom stereocenters. The van der Waals surface area contributed by atoms with Gasteiger partial charge in [-0.05, 0) is 23.8 Å². The van der Waals surface area contributed by atoms with Gasteiger partial charge in [-0.1, -0.05) is 31.5 Å². The number of anilines is 1. The summed E-state index contributed by atoms with van der Waals surface area (Å²) in [4.78, 5) is 2.29. The van der Waals surface area contributed by atoms with E-state index in [-0.39, 0.29) is 0 Å². The summed E-state index contributed by atoms with van der Waals surface area (Å²) in [5.41, 5.74) is 1.20. The normalized spacial score (nSPS) is 11.8. The number of hydrogen-bond acceptors (Lipinski definition) is 3. The number of hydrogen-bond donors (Lipinski definition) is 1. The lowest BCUT2D eigenvalue weighted by molar-refractivity contribution is 0.554. The van der Waals surface area contributed by atoms with Crippen LogP contribution < -0.4 is 4.90 Å². The summed E-state index contributed by atoms with van der Waals surface area (Å²) in [5, 5.41) is 8.72. The molecule has 1 aromatic carbocycles. The second-order valence-electron chi connectivity index (χ2n) is 4.15. The molecule has 1 rings (SSSR count). The third kappa shape index (κ3) is 4.70. The fraction of sp³-hybridized carbons (Fsp3) is 0.500. The molecule has 0 N–H and O–H groups in total. The molecule has 1 aromatic rings. The monoisotopic (exact) mass is 248 g/mol. The number of para-hydroxylation sites is 1. The molecule has 0 spiro atoms. The number of nitriles is 1. The summed E-state index contributed by atoms with van der Waals surface area (Å²) in [6.07, 6.45) is 1.69. The van der Waals surface area contributed by atoms with Gasteiger partial charge >= 0.3 is 0 Å². The maximum atomic E-state index is 8.72. The van der Waals surface area contributed by atoms with Crippen LogP contribution in [-0.4, -0.2) is 18.8 Å². The molecular formula is C14H20N2S. The summed E-state index contributed by atoms with van der Waals surface area (Å²) in [6, 6.07) is 12.5. The molecule has 0 aliphatic carbocycles. The molecule has 0 heterocycles. The van der Waals surface area contributed by atoms with Crippen LogP contribution in [0.3, 0.4) is 0 Å². The van der Waals surface area contributed by atoms with Crippen molar-refractivity contribution < 1.29 is 0 Å². The van der Waals surface area contributed by atoms with Crippen LogP contribution in [0, 0.1) is 17.2 Å². The van der Waals surface area contributed by atoms with Crippen molar-refractivity contribution in [2.45, 2.75) is 19.8 Å². The zero-order valence-electron chi connectivity index (χ0n) is 10.3. The Labute approximate surface area is 110 Å². The quantitative estimate of drug-likeness (QED) is 0.749. The Bertz CT molecular complexity index is 341. The highest BCUT2D eigenvalue weighted by Gasteiger charge is 2.11. The molecule has 0 aromatic heterocycles. The van der Waals surface area contributed by atoms with Gasteiger partial charge in [-0.25, -0.2) is 0 Å². The van der Waals surface area contributed by atoms with Crippen molar-refractivity contribution in [3.8, 4) is 6.07 Å². The van der Waals surface area contributed by atoms with Crippen LogP contribution in [0.4, 0.5) is 5.69 Å². The lowest BCUT2D eigenvalue weighted by atomic mass is 10.1. The van der Waals surface area contributed by atoms with Crippen LogP contribution in [0.1, 0.15) is 19.8 Å². The SMILES string of the molecule is CCC(CS)CN(CCC#N)c1ccccc1. The van der Waals surface area contributed by atoms with E-state index in [0.717, 1.165) is 25.3 Å². The van der Waals surface area contributed by atoms with Crippen LogP contribution in [0.5, 0.6) is 0 Å².